The van der Waals surface area contributed by atoms with E-state index in [9.17, 15) is 0 Å². The molecule has 1 unspecified atom stereocenters. The van der Waals surface area contributed by atoms with Crippen LogP contribution in [0.4, 0.5) is 0 Å². The largest absolute Gasteiger partial charge is 0.390 e. The zero-order valence-corrected chi connectivity index (χ0v) is 6.80. The van der Waals surface area contributed by atoms with Crippen LogP contribution in [0.1, 0.15) is 0 Å². The van der Waals surface area contributed by atoms with Crippen molar-refractivity contribution in [2.75, 3.05) is 18.5 Å². The number of halogens is 1. The monoisotopic (exact) mass is 194 g/mol. The van der Waals surface area contributed by atoms with E-state index in [0.717, 1.165) is 0 Å². The Morgan fingerprint density at radius 3 is 2.89 bits per heavy atom. The lowest BCUT2D eigenvalue weighted by Crippen LogP contribution is -2.16. The van der Waals surface area contributed by atoms with Crippen molar-refractivity contribution in [2.24, 2.45) is 0 Å². The molecule has 0 heterocycles. The van der Waals surface area contributed by atoms with Gasteiger partial charge in [-0.15, -0.1) is 6.58 Å². The van der Waals surface area contributed by atoms with Crippen LogP contribution < -0.4 is 0 Å². The maximum atomic E-state index is 8.88. The Labute approximate surface area is 63.6 Å². The zero-order chi connectivity index (χ0) is 7.11. The molecule has 0 saturated carbocycles. The molecule has 0 bridgehead atoms. The standard InChI is InChI=1S/C6H11BrO2/c1-2-3-9-5-6(8)4-7/h2,6,8H,1,3-5H2. The van der Waals surface area contributed by atoms with Crippen LogP contribution in [0, 0.1) is 0 Å². The molecule has 1 N–H and O–H groups in total. The van der Waals surface area contributed by atoms with Gasteiger partial charge < -0.3 is 9.84 Å². The van der Waals surface area contributed by atoms with E-state index < -0.39 is 6.10 Å². The second kappa shape index (κ2) is 6.26. The lowest BCUT2D eigenvalue weighted by Gasteiger charge is -2.04. The molecule has 1 atom stereocenters. The van der Waals surface area contributed by atoms with Crippen LogP contribution in [0.15, 0.2) is 12.7 Å². The van der Waals surface area contributed by atoms with Gasteiger partial charge in [-0.3, -0.25) is 0 Å². The highest BCUT2D eigenvalue weighted by Gasteiger charge is 1.98. The summed E-state index contributed by atoms with van der Waals surface area (Å²) >= 11 is 3.11. The summed E-state index contributed by atoms with van der Waals surface area (Å²) in [5, 5.41) is 9.44. The van der Waals surface area contributed by atoms with Gasteiger partial charge in [0, 0.05) is 5.33 Å². The van der Waals surface area contributed by atoms with Gasteiger partial charge in [-0.25, -0.2) is 0 Å². The van der Waals surface area contributed by atoms with Crippen LogP contribution in [0.3, 0.4) is 0 Å². The average molecular weight is 195 g/mol. The van der Waals surface area contributed by atoms with Gasteiger partial charge in [-0.2, -0.15) is 0 Å². The fourth-order valence-corrected chi connectivity index (χ4v) is 0.519. The Morgan fingerprint density at radius 2 is 2.44 bits per heavy atom. The molecule has 9 heavy (non-hydrogen) atoms. The molecular weight excluding hydrogens is 184 g/mol. The van der Waals surface area contributed by atoms with Gasteiger partial charge in [-0.1, -0.05) is 22.0 Å². The first-order valence-corrected chi connectivity index (χ1v) is 3.86. The molecular formula is C6H11BrO2. The lowest BCUT2D eigenvalue weighted by molar-refractivity contribution is 0.0631. The minimum Gasteiger partial charge on any atom is -0.390 e. The fraction of sp³-hybridized carbons (Fsp3) is 0.667. The Bertz CT molecular complexity index is 75.5. The number of aliphatic hydroxyl groups is 1. The van der Waals surface area contributed by atoms with E-state index in [-0.39, 0.29) is 0 Å². The van der Waals surface area contributed by atoms with E-state index in [2.05, 4.69) is 22.5 Å². The summed E-state index contributed by atoms with van der Waals surface area (Å²) in [6.45, 7) is 4.34. The molecule has 0 aromatic rings. The van der Waals surface area contributed by atoms with Crippen molar-refractivity contribution in [3.63, 3.8) is 0 Å². The zero-order valence-electron chi connectivity index (χ0n) is 5.22. The third-order valence-electron chi connectivity index (χ3n) is 0.724. The molecule has 0 spiro atoms. The third kappa shape index (κ3) is 6.02. The first-order chi connectivity index (χ1) is 4.31. The quantitative estimate of drug-likeness (QED) is 0.402. The van der Waals surface area contributed by atoms with Crippen molar-refractivity contribution in [1.82, 2.24) is 0 Å². The summed E-state index contributed by atoms with van der Waals surface area (Å²) < 4.78 is 4.94. The van der Waals surface area contributed by atoms with Crippen LogP contribution in [0.25, 0.3) is 0 Å². The smallest absolute Gasteiger partial charge is 0.0870 e. The van der Waals surface area contributed by atoms with E-state index in [4.69, 9.17) is 9.84 Å². The number of hydrogen-bond acceptors (Lipinski definition) is 2. The SMILES string of the molecule is C=CCOCC(O)CBr. The van der Waals surface area contributed by atoms with Crippen LogP contribution in [0.2, 0.25) is 0 Å². The van der Waals surface area contributed by atoms with Crippen LogP contribution >= 0.6 is 15.9 Å². The highest BCUT2D eigenvalue weighted by molar-refractivity contribution is 9.09. The van der Waals surface area contributed by atoms with Gasteiger partial charge in [0.2, 0.25) is 0 Å². The Kier molecular flexibility index (Phi) is 6.36. The van der Waals surface area contributed by atoms with Gasteiger partial charge >= 0.3 is 0 Å². The average Bonchev–Trinajstić information content (AvgIpc) is 1.89. The van der Waals surface area contributed by atoms with Crippen LogP contribution in [-0.4, -0.2) is 29.8 Å². The van der Waals surface area contributed by atoms with Crippen molar-refractivity contribution in [3.05, 3.63) is 12.7 Å². The first-order valence-electron chi connectivity index (χ1n) is 2.74. The van der Waals surface area contributed by atoms with Crippen molar-refractivity contribution in [1.29, 1.82) is 0 Å². The number of alkyl halides is 1. The van der Waals surface area contributed by atoms with Crippen LogP contribution in [0.5, 0.6) is 0 Å². The number of hydrogen-bond donors (Lipinski definition) is 1. The molecule has 0 aliphatic heterocycles. The maximum absolute atomic E-state index is 8.88. The normalized spacial score (nSPS) is 13.1. The van der Waals surface area contributed by atoms with E-state index in [1.54, 1.807) is 6.08 Å². The summed E-state index contributed by atoms with van der Waals surface area (Å²) in [6.07, 6.45) is 1.26. The summed E-state index contributed by atoms with van der Waals surface area (Å²) in [6, 6.07) is 0. The second-order valence-corrected chi connectivity index (χ2v) is 2.28. The Balaban J connectivity index is 2.96. The summed E-state index contributed by atoms with van der Waals surface area (Å²) in [4.78, 5) is 0. The van der Waals surface area contributed by atoms with Gasteiger partial charge in [0.15, 0.2) is 0 Å². The van der Waals surface area contributed by atoms with Gasteiger partial charge in [0.25, 0.3) is 0 Å². The van der Waals surface area contributed by atoms with E-state index >= 15 is 0 Å². The van der Waals surface area contributed by atoms with E-state index in [1.807, 2.05) is 0 Å². The summed E-state index contributed by atoms with van der Waals surface area (Å²) in [7, 11) is 0. The first kappa shape index (κ1) is 9.14. The Hall–Kier alpha value is 0.140. The number of ether oxygens (including phenoxy) is 1. The molecule has 0 aromatic heterocycles. The third-order valence-corrected chi connectivity index (χ3v) is 1.47. The molecule has 0 amide bonds. The van der Waals surface area contributed by atoms with Crippen molar-refractivity contribution in [2.45, 2.75) is 6.10 Å². The molecule has 2 nitrogen and oxygen atoms in total. The number of rotatable bonds is 5. The highest BCUT2D eigenvalue weighted by Crippen LogP contribution is 1.90. The highest BCUT2D eigenvalue weighted by atomic mass is 79.9. The molecule has 0 aliphatic carbocycles. The van der Waals surface area contributed by atoms with E-state index in [0.29, 0.717) is 18.5 Å². The Morgan fingerprint density at radius 1 is 1.78 bits per heavy atom. The number of aliphatic hydroxyl groups excluding tert-OH is 1. The molecule has 0 saturated heterocycles. The minimum absolute atomic E-state index is 0.372. The van der Waals surface area contributed by atoms with Crippen molar-refractivity contribution >= 4 is 15.9 Å². The van der Waals surface area contributed by atoms with Gasteiger partial charge in [0.05, 0.1) is 19.3 Å². The van der Waals surface area contributed by atoms with E-state index in [1.165, 1.54) is 0 Å². The molecule has 54 valence electrons. The minimum atomic E-state index is -0.398. The molecule has 0 aromatic carbocycles. The summed E-state index contributed by atoms with van der Waals surface area (Å²) in [5.41, 5.74) is 0. The maximum Gasteiger partial charge on any atom is 0.0870 e. The second-order valence-electron chi connectivity index (χ2n) is 1.63. The molecule has 0 fully saturated rings. The predicted octanol–water partition coefficient (Wildman–Crippen LogP) is 0.945. The van der Waals surface area contributed by atoms with Crippen molar-refractivity contribution < 1.29 is 9.84 Å². The van der Waals surface area contributed by atoms with Gasteiger partial charge in [0.1, 0.15) is 0 Å². The molecule has 0 radical (unpaired) electrons. The molecule has 0 rings (SSSR count). The molecule has 3 heteroatoms. The topological polar surface area (TPSA) is 29.5 Å². The molecule has 0 aliphatic rings. The lowest BCUT2D eigenvalue weighted by atomic mass is 10.4. The predicted molar refractivity (Wildman–Crippen MR) is 40.8 cm³/mol. The fourth-order valence-electron chi connectivity index (χ4n) is 0.332. The van der Waals surface area contributed by atoms with Gasteiger partial charge in [-0.05, 0) is 0 Å². The summed E-state index contributed by atoms with van der Waals surface area (Å²) in [5.74, 6) is 0. The van der Waals surface area contributed by atoms with Crippen molar-refractivity contribution in [3.8, 4) is 0 Å². The van der Waals surface area contributed by atoms with Crippen LogP contribution in [-0.2, 0) is 4.74 Å².